The zero-order valence-electron chi connectivity index (χ0n) is 15.4. The fourth-order valence-electron chi connectivity index (χ4n) is 3.17. The number of hydrogen-bond acceptors (Lipinski definition) is 4. The predicted molar refractivity (Wildman–Crippen MR) is 112 cm³/mol. The number of rotatable bonds is 4. The van der Waals surface area contributed by atoms with Crippen molar-refractivity contribution < 1.29 is 9.18 Å². The van der Waals surface area contributed by atoms with Crippen molar-refractivity contribution in [3.05, 3.63) is 78.1 Å². The average Bonchev–Trinajstić information content (AvgIpc) is 3.12. The maximum absolute atomic E-state index is 14.9. The Kier molecular flexibility index (Phi) is 4.84. The second-order valence-electron chi connectivity index (χ2n) is 6.43. The third-order valence-corrected chi connectivity index (χ3v) is 4.55. The SMILES string of the molecule is NCc1ccc(F)c(N(C(=O)Nc2ccccc2)c2cccc3[nH]nc(N)c23)c1. The molecule has 0 aliphatic rings. The second kappa shape index (κ2) is 7.61. The van der Waals surface area contributed by atoms with Crippen molar-refractivity contribution in [2.75, 3.05) is 16.0 Å². The van der Waals surface area contributed by atoms with Crippen LogP contribution in [0.3, 0.4) is 0 Å². The number of nitrogen functional groups attached to an aromatic ring is 1. The van der Waals surface area contributed by atoms with Gasteiger partial charge < -0.3 is 16.8 Å². The zero-order valence-corrected chi connectivity index (χ0v) is 15.4. The van der Waals surface area contributed by atoms with Crippen molar-refractivity contribution in [2.45, 2.75) is 6.54 Å². The molecule has 4 aromatic rings. The summed E-state index contributed by atoms with van der Waals surface area (Å²) in [7, 11) is 0. The number of anilines is 4. The van der Waals surface area contributed by atoms with Crippen LogP contribution in [0, 0.1) is 5.82 Å². The number of amides is 2. The maximum Gasteiger partial charge on any atom is 0.331 e. The zero-order chi connectivity index (χ0) is 20.4. The molecule has 0 aliphatic heterocycles. The Balaban J connectivity index is 1.90. The molecular formula is C21H19FN6O. The third kappa shape index (κ3) is 3.48. The lowest BCUT2D eigenvalue weighted by atomic mass is 10.1. The molecule has 0 aliphatic carbocycles. The summed E-state index contributed by atoms with van der Waals surface area (Å²) in [5.74, 6) is -0.354. The first kappa shape index (κ1) is 18.5. The topological polar surface area (TPSA) is 113 Å². The molecule has 1 heterocycles. The second-order valence-corrected chi connectivity index (χ2v) is 6.43. The van der Waals surface area contributed by atoms with E-state index in [1.165, 1.54) is 11.0 Å². The molecule has 8 heteroatoms. The van der Waals surface area contributed by atoms with Crippen LogP contribution >= 0.6 is 0 Å². The molecule has 29 heavy (non-hydrogen) atoms. The lowest BCUT2D eigenvalue weighted by Gasteiger charge is -2.25. The van der Waals surface area contributed by atoms with Crippen molar-refractivity contribution in [1.82, 2.24) is 10.2 Å². The number of aromatic amines is 1. The molecule has 0 saturated heterocycles. The molecule has 0 atom stereocenters. The van der Waals surface area contributed by atoms with Crippen LogP contribution in [0.15, 0.2) is 66.7 Å². The Morgan fingerprint density at radius 2 is 1.86 bits per heavy atom. The number of H-pyrrole nitrogens is 1. The predicted octanol–water partition coefficient (Wildman–Crippen LogP) is 4.11. The summed E-state index contributed by atoms with van der Waals surface area (Å²) < 4.78 is 14.9. The van der Waals surface area contributed by atoms with Crippen LogP contribution in [0.5, 0.6) is 0 Å². The number of para-hydroxylation sites is 1. The standard InChI is InChI=1S/C21H19FN6O/c22-15-10-9-13(12-23)11-18(15)28(21(29)25-14-5-2-1-3-6-14)17-8-4-7-16-19(17)20(24)27-26-16/h1-11H,12,23H2,(H,25,29)(H3,24,26,27). The Morgan fingerprint density at radius 3 is 2.62 bits per heavy atom. The summed E-state index contributed by atoms with van der Waals surface area (Å²) in [6.45, 7) is 0.208. The molecule has 3 aromatic carbocycles. The summed E-state index contributed by atoms with van der Waals surface area (Å²) in [5, 5.41) is 10.1. The van der Waals surface area contributed by atoms with Crippen LogP contribution in [-0.4, -0.2) is 16.2 Å². The van der Waals surface area contributed by atoms with E-state index in [-0.39, 0.29) is 18.1 Å². The Labute approximate surface area is 166 Å². The van der Waals surface area contributed by atoms with Gasteiger partial charge in [0, 0.05) is 12.2 Å². The molecule has 7 nitrogen and oxygen atoms in total. The lowest BCUT2D eigenvalue weighted by molar-refractivity contribution is 0.259. The third-order valence-electron chi connectivity index (χ3n) is 4.55. The van der Waals surface area contributed by atoms with E-state index < -0.39 is 11.8 Å². The molecule has 6 N–H and O–H groups in total. The molecule has 0 fully saturated rings. The van der Waals surface area contributed by atoms with Gasteiger partial charge in [-0.1, -0.05) is 30.3 Å². The van der Waals surface area contributed by atoms with E-state index in [4.69, 9.17) is 11.5 Å². The van der Waals surface area contributed by atoms with Gasteiger partial charge in [0.05, 0.1) is 22.3 Å². The smallest absolute Gasteiger partial charge is 0.331 e. The normalized spacial score (nSPS) is 10.8. The molecule has 0 bridgehead atoms. The van der Waals surface area contributed by atoms with Crippen molar-refractivity contribution >= 4 is 39.8 Å². The first-order valence-corrected chi connectivity index (χ1v) is 8.95. The number of aromatic nitrogens is 2. The highest BCUT2D eigenvalue weighted by molar-refractivity contribution is 6.14. The highest BCUT2D eigenvalue weighted by Crippen LogP contribution is 2.36. The molecule has 0 radical (unpaired) electrons. The number of halogens is 1. The number of benzene rings is 3. The van der Waals surface area contributed by atoms with E-state index >= 15 is 0 Å². The van der Waals surface area contributed by atoms with Crippen molar-refractivity contribution in [3.63, 3.8) is 0 Å². The number of carbonyl (C=O) groups excluding carboxylic acids is 1. The van der Waals surface area contributed by atoms with Crippen molar-refractivity contribution in [3.8, 4) is 0 Å². The van der Waals surface area contributed by atoms with Gasteiger partial charge in [-0.2, -0.15) is 5.10 Å². The summed E-state index contributed by atoms with van der Waals surface area (Å²) in [6.07, 6.45) is 0. The van der Waals surface area contributed by atoms with Gasteiger partial charge in [-0.3, -0.25) is 10.00 Å². The molecule has 0 saturated carbocycles. The maximum atomic E-state index is 14.9. The molecule has 0 unspecified atom stereocenters. The largest absolute Gasteiger partial charge is 0.382 e. The van der Waals surface area contributed by atoms with E-state index in [1.807, 2.05) is 6.07 Å². The van der Waals surface area contributed by atoms with Gasteiger partial charge in [-0.25, -0.2) is 9.18 Å². The highest BCUT2D eigenvalue weighted by Gasteiger charge is 2.25. The summed E-state index contributed by atoms with van der Waals surface area (Å²) >= 11 is 0. The number of fused-ring (bicyclic) bond motifs is 1. The van der Waals surface area contributed by atoms with Crippen LogP contribution in [0.4, 0.5) is 32.1 Å². The fourth-order valence-corrected chi connectivity index (χ4v) is 3.17. The number of nitrogens with zero attached hydrogens (tertiary/aromatic N) is 2. The van der Waals surface area contributed by atoms with E-state index in [0.717, 1.165) is 0 Å². The number of carbonyl (C=O) groups is 1. The quantitative estimate of drug-likeness (QED) is 0.420. The van der Waals surface area contributed by atoms with Gasteiger partial charge in [0.1, 0.15) is 5.82 Å². The van der Waals surface area contributed by atoms with Gasteiger partial charge in [-0.15, -0.1) is 0 Å². The van der Waals surface area contributed by atoms with Crippen LogP contribution in [0.25, 0.3) is 10.9 Å². The molecule has 0 spiro atoms. The van der Waals surface area contributed by atoms with Gasteiger partial charge in [0.25, 0.3) is 0 Å². The number of nitrogens with one attached hydrogen (secondary N) is 2. The minimum absolute atomic E-state index is 0.0643. The highest BCUT2D eigenvalue weighted by atomic mass is 19.1. The first-order valence-electron chi connectivity index (χ1n) is 8.95. The van der Waals surface area contributed by atoms with Crippen LogP contribution in [0.2, 0.25) is 0 Å². The van der Waals surface area contributed by atoms with Gasteiger partial charge in [0.2, 0.25) is 0 Å². The number of hydrogen-bond donors (Lipinski definition) is 4. The van der Waals surface area contributed by atoms with E-state index in [1.54, 1.807) is 54.6 Å². The van der Waals surface area contributed by atoms with Crippen LogP contribution in [-0.2, 0) is 6.54 Å². The van der Waals surface area contributed by atoms with Gasteiger partial charge in [-0.05, 0) is 42.0 Å². The van der Waals surface area contributed by atoms with Gasteiger partial charge >= 0.3 is 6.03 Å². The van der Waals surface area contributed by atoms with Crippen molar-refractivity contribution in [1.29, 1.82) is 0 Å². The summed E-state index contributed by atoms with van der Waals surface area (Å²) in [5.41, 5.74) is 14.1. The lowest BCUT2D eigenvalue weighted by Crippen LogP contribution is -2.32. The fraction of sp³-hybridized carbons (Fsp3) is 0.0476. The van der Waals surface area contributed by atoms with Crippen molar-refractivity contribution in [2.24, 2.45) is 5.73 Å². The van der Waals surface area contributed by atoms with Gasteiger partial charge in [0.15, 0.2) is 5.82 Å². The van der Waals surface area contributed by atoms with E-state index in [9.17, 15) is 9.18 Å². The average molecular weight is 390 g/mol. The monoisotopic (exact) mass is 390 g/mol. The molecule has 2 amide bonds. The molecule has 1 aromatic heterocycles. The Morgan fingerprint density at radius 1 is 1.07 bits per heavy atom. The summed E-state index contributed by atoms with van der Waals surface area (Å²) in [4.78, 5) is 14.5. The summed E-state index contributed by atoms with van der Waals surface area (Å²) in [6, 6.07) is 18.0. The van der Waals surface area contributed by atoms with E-state index in [2.05, 4.69) is 15.5 Å². The van der Waals surface area contributed by atoms with E-state index in [0.29, 0.717) is 27.8 Å². The molecule has 146 valence electrons. The Bertz CT molecular complexity index is 1170. The minimum atomic E-state index is -0.565. The number of urea groups is 1. The molecular weight excluding hydrogens is 371 g/mol. The Hall–Kier alpha value is -3.91. The molecule has 4 rings (SSSR count). The first-order chi connectivity index (χ1) is 14.1. The van der Waals surface area contributed by atoms with Crippen LogP contribution in [0.1, 0.15) is 5.56 Å². The van der Waals surface area contributed by atoms with Crippen LogP contribution < -0.4 is 21.7 Å². The number of nitrogens with two attached hydrogens (primary N) is 2. The minimum Gasteiger partial charge on any atom is -0.382 e.